The molecule has 0 aliphatic heterocycles. The number of rotatable bonds is 3. The normalized spacial score (nSPS) is 10.5. The molecule has 1 heterocycles. The van der Waals surface area contributed by atoms with Crippen molar-refractivity contribution in [3.05, 3.63) is 52.2 Å². The van der Waals surface area contributed by atoms with Crippen molar-refractivity contribution in [2.45, 2.75) is 19.9 Å². The van der Waals surface area contributed by atoms with E-state index in [4.69, 9.17) is 0 Å². The second kappa shape index (κ2) is 4.13. The van der Waals surface area contributed by atoms with E-state index in [0.29, 0.717) is 6.54 Å². The molecule has 0 spiro atoms. The molecule has 78 valence electrons. The second-order valence-electron chi connectivity index (χ2n) is 3.37. The van der Waals surface area contributed by atoms with Gasteiger partial charge in [-0.25, -0.2) is 9.48 Å². The van der Waals surface area contributed by atoms with Gasteiger partial charge in [0.1, 0.15) is 5.82 Å². The van der Waals surface area contributed by atoms with Crippen LogP contribution in [-0.4, -0.2) is 14.8 Å². The minimum atomic E-state index is -0.143. The molecule has 1 aromatic heterocycles. The minimum Gasteiger partial charge on any atom is -0.293 e. The Morgan fingerprint density at radius 2 is 2.07 bits per heavy atom. The van der Waals surface area contributed by atoms with E-state index in [1.807, 2.05) is 37.3 Å². The number of benzene rings is 1. The fourth-order valence-electron chi connectivity index (χ4n) is 1.43. The van der Waals surface area contributed by atoms with Crippen LogP contribution in [0.25, 0.3) is 0 Å². The number of aromatic nitrogens is 3. The molecule has 0 radical (unpaired) electrons. The van der Waals surface area contributed by atoms with Gasteiger partial charge in [0, 0.05) is 6.42 Å². The van der Waals surface area contributed by atoms with Crippen LogP contribution in [0.2, 0.25) is 0 Å². The summed E-state index contributed by atoms with van der Waals surface area (Å²) in [5, 5.41) is 4.17. The monoisotopic (exact) mass is 203 g/mol. The van der Waals surface area contributed by atoms with Crippen LogP contribution in [0.1, 0.15) is 18.3 Å². The molecule has 0 aliphatic carbocycles. The van der Waals surface area contributed by atoms with Gasteiger partial charge in [-0.05, 0) is 5.56 Å². The fourth-order valence-corrected chi connectivity index (χ4v) is 1.43. The lowest BCUT2D eigenvalue weighted by atomic mass is 10.2. The highest BCUT2D eigenvalue weighted by Crippen LogP contribution is 1.99. The Morgan fingerprint density at radius 3 is 2.67 bits per heavy atom. The zero-order chi connectivity index (χ0) is 10.7. The van der Waals surface area contributed by atoms with Crippen LogP contribution in [-0.2, 0) is 13.0 Å². The van der Waals surface area contributed by atoms with Crippen molar-refractivity contribution < 1.29 is 0 Å². The molecule has 4 heteroatoms. The van der Waals surface area contributed by atoms with Crippen molar-refractivity contribution in [1.82, 2.24) is 14.8 Å². The molecule has 1 N–H and O–H groups in total. The average molecular weight is 203 g/mol. The van der Waals surface area contributed by atoms with Crippen molar-refractivity contribution in [1.29, 1.82) is 0 Å². The topological polar surface area (TPSA) is 50.7 Å². The lowest BCUT2D eigenvalue weighted by molar-refractivity contribution is 0.651. The smallest absolute Gasteiger partial charge is 0.293 e. The SMILES string of the molecule is CCc1nn(Cc2ccccc2)c(=O)[nH]1. The summed E-state index contributed by atoms with van der Waals surface area (Å²) in [6.45, 7) is 2.49. The largest absolute Gasteiger partial charge is 0.343 e. The molecule has 0 unspecified atom stereocenters. The predicted molar refractivity (Wildman–Crippen MR) is 57.8 cm³/mol. The van der Waals surface area contributed by atoms with Crippen molar-refractivity contribution in [3.8, 4) is 0 Å². The highest BCUT2D eigenvalue weighted by Gasteiger charge is 2.03. The Hall–Kier alpha value is -1.84. The molecule has 0 amide bonds. The van der Waals surface area contributed by atoms with Gasteiger partial charge in [0.05, 0.1) is 6.54 Å². The lowest BCUT2D eigenvalue weighted by Crippen LogP contribution is -2.18. The Bertz CT molecular complexity index is 484. The van der Waals surface area contributed by atoms with E-state index < -0.39 is 0 Å². The van der Waals surface area contributed by atoms with E-state index in [-0.39, 0.29) is 5.69 Å². The van der Waals surface area contributed by atoms with Crippen LogP contribution < -0.4 is 5.69 Å². The maximum Gasteiger partial charge on any atom is 0.343 e. The van der Waals surface area contributed by atoms with Gasteiger partial charge < -0.3 is 0 Å². The van der Waals surface area contributed by atoms with Gasteiger partial charge in [0.25, 0.3) is 0 Å². The van der Waals surface area contributed by atoms with Gasteiger partial charge in [0.2, 0.25) is 0 Å². The number of nitrogens with one attached hydrogen (secondary N) is 1. The molecular formula is C11H13N3O. The Labute approximate surface area is 87.6 Å². The zero-order valence-corrected chi connectivity index (χ0v) is 8.60. The molecule has 0 atom stereocenters. The van der Waals surface area contributed by atoms with Gasteiger partial charge in [0.15, 0.2) is 0 Å². The van der Waals surface area contributed by atoms with Gasteiger partial charge in [-0.1, -0.05) is 37.3 Å². The average Bonchev–Trinajstić information content (AvgIpc) is 2.61. The summed E-state index contributed by atoms with van der Waals surface area (Å²) in [5.41, 5.74) is 0.935. The summed E-state index contributed by atoms with van der Waals surface area (Å²) >= 11 is 0. The summed E-state index contributed by atoms with van der Waals surface area (Å²) in [6.07, 6.45) is 0.747. The maximum absolute atomic E-state index is 11.4. The molecule has 2 aromatic rings. The predicted octanol–water partition coefficient (Wildman–Crippen LogP) is 1.18. The van der Waals surface area contributed by atoms with Gasteiger partial charge in [-0.15, -0.1) is 0 Å². The molecule has 0 saturated heterocycles. The first-order valence-electron chi connectivity index (χ1n) is 4.99. The fraction of sp³-hybridized carbons (Fsp3) is 0.273. The Morgan fingerprint density at radius 1 is 1.33 bits per heavy atom. The molecule has 0 fully saturated rings. The third-order valence-electron chi connectivity index (χ3n) is 2.24. The number of hydrogen-bond acceptors (Lipinski definition) is 2. The molecule has 0 saturated carbocycles. The standard InChI is InChI=1S/C11H13N3O/c1-2-10-12-11(15)14(13-10)8-9-6-4-3-5-7-9/h3-7H,2,8H2,1H3,(H,12,13,15). The first-order valence-corrected chi connectivity index (χ1v) is 4.99. The van der Waals surface area contributed by atoms with Crippen LogP contribution in [0.3, 0.4) is 0 Å². The Balaban J connectivity index is 2.25. The third kappa shape index (κ3) is 2.15. The third-order valence-corrected chi connectivity index (χ3v) is 2.24. The second-order valence-corrected chi connectivity index (χ2v) is 3.37. The van der Waals surface area contributed by atoms with Crippen molar-refractivity contribution in [2.24, 2.45) is 0 Å². The molecule has 0 bridgehead atoms. The van der Waals surface area contributed by atoms with E-state index in [2.05, 4.69) is 10.1 Å². The van der Waals surface area contributed by atoms with Crippen molar-refractivity contribution in [3.63, 3.8) is 0 Å². The highest BCUT2D eigenvalue weighted by atomic mass is 16.1. The zero-order valence-electron chi connectivity index (χ0n) is 8.60. The van der Waals surface area contributed by atoms with Gasteiger partial charge in [-0.3, -0.25) is 4.98 Å². The van der Waals surface area contributed by atoms with E-state index in [0.717, 1.165) is 17.8 Å². The number of H-pyrrole nitrogens is 1. The van der Waals surface area contributed by atoms with Crippen molar-refractivity contribution >= 4 is 0 Å². The minimum absolute atomic E-state index is 0.143. The molecule has 4 nitrogen and oxygen atoms in total. The molecule has 1 aromatic carbocycles. The van der Waals surface area contributed by atoms with Crippen LogP contribution >= 0.6 is 0 Å². The number of nitrogens with zero attached hydrogens (tertiary/aromatic N) is 2. The van der Waals surface area contributed by atoms with Crippen LogP contribution in [0.15, 0.2) is 35.1 Å². The Kier molecular flexibility index (Phi) is 2.67. The molecular weight excluding hydrogens is 190 g/mol. The summed E-state index contributed by atoms with van der Waals surface area (Å²) < 4.78 is 1.45. The highest BCUT2D eigenvalue weighted by molar-refractivity contribution is 5.14. The van der Waals surface area contributed by atoms with Gasteiger partial charge >= 0.3 is 5.69 Å². The first-order chi connectivity index (χ1) is 7.29. The van der Waals surface area contributed by atoms with Crippen molar-refractivity contribution in [2.75, 3.05) is 0 Å². The maximum atomic E-state index is 11.4. The molecule has 2 rings (SSSR count). The number of aromatic amines is 1. The van der Waals surface area contributed by atoms with Crippen LogP contribution in [0.5, 0.6) is 0 Å². The van der Waals surface area contributed by atoms with E-state index >= 15 is 0 Å². The van der Waals surface area contributed by atoms with Crippen LogP contribution in [0, 0.1) is 0 Å². The summed E-state index contributed by atoms with van der Waals surface area (Å²) in [5.74, 6) is 0.732. The van der Waals surface area contributed by atoms with E-state index in [1.165, 1.54) is 4.68 Å². The lowest BCUT2D eigenvalue weighted by Gasteiger charge is -1.98. The molecule has 0 aliphatic rings. The van der Waals surface area contributed by atoms with Crippen LogP contribution in [0.4, 0.5) is 0 Å². The summed E-state index contributed by atoms with van der Waals surface area (Å²) in [4.78, 5) is 14.2. The number of aryl methyl sites for hydroxylation is 1. The summed E-state index contributed by atoms with van der Waals surface area (Å²) in [7, 11) is 0. The first kappa shape index (κ1) is 9.71. The van der Waals surface area contributed by atoms with E-state index in [9.17, 15) is 4.79 Å². The van der Waals surface area contributed by atoms with Gasteiger partial charge in [-0.2, -0.15) is 5.10 Å². The van der Waals surface area contributed by atoms with E-state index in [1.54, 1.807) is 0 Å². The number of hydrogen-bond donors (Lipinski definition) is 1. The molecule has 15 heavy (non-hydrogen) atoms. The summed E-state index contributed by atoms with van der Waals surface area (Å²) in [6, 6.07) is 9.81. The quantitative estimate of drug-likeness (QED) is 0.814.